The van der Waals surface area contributed by atoms with Crippen molar-refractivity contribution in [2.24, 2.45) is 0 Å². The van der Waals surface area contributed by atoms with Gasteiger partial charge < -0.3 is 20.3 Å². The number of anilines is 1. The first kappa shape index (κ1) is 13.9. The Morgan fingerprint density at radius 3 is 2.81 bits per heavy atom. The van der Waals surface area contributed by atoms with Gasteiger partial charge in [-0.2, -0.15) is 5.10 Å². The Morgan fingerprint density at radius 1 is 1.43 bits per heavy atom. The van der Waals surface area contributed by atoms with Crippen LogP contribution in [0.5, 0.6) is 5.75 Å². The number of ether oxygens (including phenoxy) is 2. The molecule has 0 saturated carbocycles. The summed E-state index contributed by atoms with van der Waals surface area (Å²) < 4.78 is 12.6. The third-order valence-electron chi connectivity index (χ3n) is 3.63. The molecule has 6 nitrogen and oxygen atoms in total. The molecule has 2 atom stereocenters. The lowest BCUT2D eigenvalue weighted by molar-refractivity contribution is 0.0844. The fraction of sp³-hybridized carbons (Fsp3) is 0.400. The predicted molar refractivity (Wildman–Crippen MR) is 78.1 cm³/mol. The van der Waals surface area contributed by atoms with Crippen LogP contribution in [0.4, 0.5) is 5.82 Å². The van der Waals surface area contributed by atoms with E-state index in [4.69, 9.17) is 15.2 Å². The van der Waals surface area contributed by atoms with Crippen LogP contribution in [0.3, 0.4) is 0 Å². The molecule has 3 N–H and O–H groups in total. The largest absolute Gasteiger partial charge is 0.497 e. The van der Waals surface area contributed by atoms with E-state index in [0.29, 0.717) is 25.4 Å². The molecule has 0 radical (unpaired) electrons. The van der Waals surface area contributed by atoms with Crippen molar-refractivity contribution in [2.75, 3.05) is 19.5 Å². The molecule has 1 aliphatic heterocycles. The third kappa shape index (κ3) is 3.01. The molecular formula is C15H19N3O3. The van der Waals surface area contributed by atoms with Crippen LogP contribution in [0.2, 0.25) is 0 Å². The van der Waals surface area contributed by atoms with Gasteiger partial charge in [0.15, 0.2) is 0 Å². The molecule has 1 unspecified atom stereocenters. The second-order valence-electron chi connectivity index (χ2n) is 5.21. The second kappa shape index (κ2) is 5.75. The van der Waals surface area contributed by atoms with Crippen molar-refractivity contribution < 1.29 is 14.6 Å². The van der Waals surface area contributed by atoms with Crippen molar-refractivity contribution in [1.29, 1.82) is 0 Å². The summed E-state index contributed by atoms with van der Waals surface area (Å²) in [7, 11) is 1.64. The summed E-state index contributed by atoms with van der Waals surface area (Å²) in [5.74, 6) is 1.28. The van der Waals surface area contributed by atoms with Gasteiger partial charge in [-0.15, -0.1) is 0 Å². The maximum Gasteiger partial charge on any atom is 0.145 e. The number of nitrogen functional groups attached to an aromatic ring is 1. The monoisotopic (exact) mass is 289 g/mol. The van der Waals surface area contributed by atoms with E-state index in [0.717, 1.165) is 17.0 Å². The lowest BCUT2D eigenvalue weighted by atomic mass is 10.1. The van der Waals surface area contributed by atoms with E-state index in [2.05, 4.69) is 5.10 Å². The van der Waals surface area contributed by atoms with E-state index in [1.54, 1.807) is 7.11 Å². The molecule has 0 spiro atoms. The molecule has 0 bridgehead atoms. The topological polar surface area (TPSA) is 82.5 Å². The van der Waals surface area contributed by atoms with Gasteiger partial charge in [0.25, 0.3) is 0 Å². The first-order chi connectivity index (χ1) is 10.2. The summed E-state index contributed by atoms with van der Waals surface area (Å²) in [6.45, 7) is 0.963. The first-order valence-corrected chi connectivity index (χ1v) is 6.91. The second-order valence-corrected chi connectivity index (χ2v) is 5.21. The lowest BCUT2D eigenvalue weighted by Gasteiger charge is -2.12. The van der Waals surface area contributed by atoms with E-state index >= 15 is 0 Å². The normalized spacial score (nSPS) is 21.6. The van der Waals surface area contributed by atoms with Crippen LogP contribution in [0, 0.1) is 0 Å². The van der Waals surface area contributed by atoms with Crippen LogP contribution in [0.1, 0.15) is 23.8 Å². The highest BCUT2D eigenvalue weighted by Crippen LogP contribution is 2.30. The van der Waals surface area contributed by atoms with Crippen LogP contribution >= 0.6 is 0 Å². The number of aliphatic hydroxyl groups excluding tert-OH is 1. The Morgan fingerprint density at radius 2 is 2.19 bits per heavy atom. The molecule has 1 aromatic heterocycles. The van der Waals surface area contributed by atoms with Crippen molar-refractivity contribution in [2.45, 2.75) is 25.2 Å². The Hall–Kier alpha value is -2.05. The average molecular weight is 289 g/mol. The number of nitrogens with two attached hydrogens (primary N) is 1. The molecule has 1 saturated heterocycles. The highest BCUT2D eigenvalue weighted by Gasteiger charge is 2.28. The number of aromatic nitrogens is 2. The maximum absolute atomic E-state index is 9.61. The molecule has 0 aliphatic carbocycles. The number of rotatable bonds is 4. The lowest BCUT2D eigenvalue weighted by Crippen LogP contribution is -2.10. The maximum atomic E-state index is 9.61. The van der Waals surface area contributed by atoms with Crippen molar-refractivity contribution in [3.8, 4) is 5.75 Å². The van der Waals surface area contributed by atoms with Crippen LogP contribution in [-0.2, 0) is 11.3 Å². The fourth-order valence-corrected chi connectivity index (χ4v) is 2.56. The predicted octanol–water partition coefficient (Wildman–Crippen LogP) is 1.34. The number of hydrogen-bond acceptors (Lipinski definition) is 5. The van der Waals surface area contributed by atoms with Gasteiger partial charge in [0.2, 0.25) is 0 Å². The highest BCUT2D eigenvalue weighted by molar-refractivity contribution is 5.32. The first-order valence-electron chi connectivity index (χ1n) is 6.91. The number of hydrogen-bond donors (Lipinski definition) is 2. The third-order valence-corrected chi connectivity index (χ3v) is 3.63. The summed E-state index contributed by atoms with van der Waals surface area (Å²) in [4.78, 5) is 0. The Balaban J connectivity index is 1.81. The molecule has 2 aromatic rings. The molecule has 0 amide bonds. The molecule has 21 heavy (non-hydrogen) atoms. The fourth-order valence-electron chi connectivity index (χ4n) is 2.56. The summed E-state index contributed by atoms with van der Waals surface area (Å²) in [6.07, 6.45) is 0.0110. The number of nitrogens with zero attached hydrogens (tertiary/aromatic N) is 2. The van der Waals surface area contributed by atoms with Crippen molar-refractivity contribution in [1.82, 2.24) is 9.78 Å². The minimum Gasteiger partial charge on any atom is -0.497 e. The Bertz CT molecular complexity index is 609. The van der Waals surface area contributed by atoms with Crippen LogP contribution in [-0.4, -0.2) is 34.7 Å². The van der Waals surface area contributed by atoms with E-state index in [1.807, 2.05) is 35.0 Å². The standard InChI is InChI=1S/C15H19N3O3/c1-20-12-4-2-10(3-5-12)8-18-13(7-15(16)17-18)14-6-11(19)9-21-14/h2-5,7,11,14,19H,6,8-9H2,1H3,(H2,16,17)/t11-,14?/m1/s1. The van der Waals surface area contributed by atoms with Gasteiger partial charge in [-0.05, 0) is 17.7 Å². The molecular weight excluding hydrogens is 270 g/mol. The summed E-state index contributed by atoms with van der Waals surface area (Å²) >= 11 is 0. The SMILES string of the molecule is COc1ccc(Cn2nc(N)cc2C2C[C@@H](O)CO2)cc1. The van der Waals surface area contributed by atoms with Crippen LogP contribution in [0.25, 0.3) is 0 Å². The zero-order valence-electron chi connectivity index (χ0n) is 11.9. The highest BCUT2D eigenvalue weighted by atomic mass is 16.5. The van der Waals surface area contributed by atoms with E-state index < -0.39 is 6.10 Å². The Labute approximate surface area is 123 Å². The van der Waals surface area contributed by atoms with Crippen molar-refractivity contribution >= 4 is 5.82 Å². The molecule has 112 valence electrons. The Kier molecular flexibility index (Phi) is 3.81. The minimum atomic E-state index is -0.416. The van der Waals surface area contributed by atoms with Gasteiger partial charge in [0.05, 0.1) is 32.1 Å². The zero-order chi connectivity index (χ0) is 14.8. The number of aliphatic hydroxyl groups is 1. The van der Waals surface area contributed by atoms with Crippen molar-refractivity contribution in [3.05, 3.63) is 41.6 Å². The van der Waals surface area contributed by atoms with Gasteiger partial charge in [0, 0.05) is 12.5 Å². The van der Waals surface area contributed by atoms with Gasteiger partial charge in [-0.1, -0.05) is 12.1 Å². The average Bonchev–Trinajstić information content (AvgIpc) is 3.06. The van der Waals surface area contributed by atoms with Gasteiger partial charge in [-0.25, -0.2) is 0 Å². The quantitative estimate of drug-likeness (QED) is 0.887. The van der Waals surface area contributed by atoms with E-state index in [-0.39, 0.29) is 6.10 Å². The van der Waals surface area contributed by atoms with E-state index in [1.165, 1.54) is 0 Å². The summed E-state index contributed by atoms with van der Waals surface area (Å²) in [6, 6.07) is 9.62. The zero-order valence-corrected chi connectivity index (χ0v) is 11.9. The molecule has 1 aliphatic rings. The summed E-state index contributed by atoms with van der Waals surface area (Å²) in [5, 5.41) is 13.9. The van der Waals surface area contributed by atoms with Crippen molar-refractivity contribution in [3.63, 3.8) is 0 Å². The molecule has 2 heterocycles. The van der Waals surface area contributed by atoms with E-state index in [9.17, 15) is 5.11 Å². The molecule has 1 fully saturated rings. The molecule has 6 heteroatoms. The van der Waals surface area contributed by atoms with Gasteiger partial charge in [0.1, 0.15) is 17.7 Å². The number of methoxy groups -OCH3 is 1. The molecule has 3 rings (SSSR count). The minimum absolute atomic E-state index is 0.150. The molecule has 1 aromatic carbocycles. The van der Waals surface area contributed by atoms with Crippen LogP contribution in [0.15, 0.2) is 30.3 Å². The van der Waals surface area contributed by atoms with Gasteiger partial charge in [-0.3, -0.25) is 4.68 Å². The summed E-state index contributed by atoms with van der Waals surface area (Å²) in [5.41, 5.74) is 7.81. The van der Waals surface area contributed by atoms with Gasteiger partial charge >= 0.3 is 0 Å². The van der Waals surface area contributed by atoms with Crippen LogP contribution < -0.4 is 10.5 Å². The smallest absolute Gasteiger partial charge is 0.145 e. The number of benzene rings is 1.